The van der Waals surface area contributed by atoms with Crippen molar-refractivity contribution in [1.29, 1.82) is 0 Å². The van der Waals surface area contributed by atoms with Crippen LogP contribution in [0.3, 0.4) is 0 Å². The van der Waals surface area contributed by atoms with Gasteiger partial charge in [0.15, 0.2) is 0 Å². The van der Waals surface area contributed by atoms with Gasteiger partial charge in [0.25, 0.3) is 5.91 Å². The summed E-state index contributed by atoms with van der Waals surface area (Å²) in [6.07, 6.45) is 3.71. The van der Waals surface area contributed by atoms with Crippen LogP contribution in [0.2, 0.25) is 0 Å². The van der Waals surface area contributed by atoms with Gasteiger partial charge in [0.2, 0.25) is 0 Å². The van der Waals surface area contributed by atoms with Crippen LogP contribution in [0.4, 0.5) is 5.69 Å². The lowest BCUT2D eigenvalue weighted by molar-refractivity contribution is 0.0928. The van der Waals surface area contributed by atoms with Crippen molar-refractivity contribution in [2.45, 2.75) is 32.2 Å². The number of benzene rings is 1. The number of carbonyl (C=O) groups excluding carboxylic acids is 1. The van der Waals surface area contributed by atoms with Gasteiger partial charge < -0.3 is 15.5 Å². The van der Waals surface area contributed by atoms with Gasteiger partial charge >= 0.3 is 0 Å². The lowest BCUT2D eigenvalue weighted by Crippen LogP contribution is -2.44. The fourth-order valence-corrected chi connectivity index (χ4v) is 2.78. The molecule has 1 aliphatic rings. The molecule has 1 atom stereocenters. The van der Waals surface area contributed by atoms with Crippen molar-refractivity contribution in [1.82, 2.24) is 10.2 Å². The minimum atomic E-state index is 0.0316. The molecule has 4 heteroatoms. The number of likely N-dealkylation sites (tertiary alicyclic amines) is 1. The summed E-state index contributed by atoms with van der Waals surface area (Å²) in [5, 5.41) is 6.16. The Morgan fingerprint density at radius 1 is 1.40 bits per heavy atom. The minimum absolute atomic E-state index is 0.0316. The quantitative estimate of drug-likeness (QED) is 0.886. The van der Waals surface area contributed by atoms with Gasteiger partial charge in [0, 0.05) is 30.9 Å². The molecule has 20 heavy (non-hydrogen) atoms. The number of anilines is 1. The Balaban J connectivity index is 1.94. The third kappa shape index (κ3) is 3.51. The summed E-state index contributed by atoms with van der Waals surface area (Å²) < 4.78 is 0. The number of nitrogens with one attached hydrogen (secondary N) is 2. The van der Waals surface area contributed by atoms with Gasteiger partial charge in [-0.3, -0.25) is 4.79 Å². The van der Waals surface area contributed by atoms with E-state index in [1.54, 1.807) is 0 Å². The number of piperidine rings is 1. The topological polar surface area (TPSA) is 44.4 Å². The van der Waals surface area contributed by atoms with Gasteiger partial charge in [-0.15, -0.1) is 0 Å². The van der Waals surface area contributed by atoms with E-state index >= 15 is 0 Å². The molecule has 0 spiro atoms. The highest BCUT2D eigenvalue weighted by atomic mass is 16.1. The van der Waals surface area contributed by atoms with E-state index in [2.05, 4.69) is 22.6 Å². The molecular formula is C16H25N3O. The van der Waals surface area contributed by atoms with Crippen molar-refractivity contribution in [3.63, 3.8) is 0 Å². The van der Waals surface area contributed by atoms with E-state index in [1.807, 2.05) is 32.2 Å². The predicted octanol–water partition coefficient (Wildman–Crippen LogP) is 2.25. The Kier molecular flexibility index (Phi) is 5.01. The van der Waals surface area contributed by atoms with Crippen LogP contribution in [-0.2, 0) is 0 Å². The average molecular weight is 275 g/mol. The number of aryl methyl sites for hydroxylation is 1. The molecule has 1 unspecified atom stereocenters. The van der Waals surface area contributed by atoms with Crippen LogP contribution < -0.4 is 10.6 Å². The van der Waals surface area contributed by atoms with Crippen molar-refractivity contribution < 1.29 is 4.79 Å². The minimum Gasteiger partial charge on any atom is -0.388 e. The van der Waals surface area contributed by atoms with Crippen LogP contribution >= 0.6 is 0 Å². The second-order valence-corrected chi connectivity index (χ2v) is 5.62. The average Bonchev–Trinajstić information content (AvgIpc) is 2.46. The zero-order valence-electron chi connectivity index (χ0n) is 12.7. The third-order valence-electron chi connectivity index (χ3n) is 4.18. The maximum Gasteiger partial charge on any atom is 0.251 e. The van der Waals surface area contributed by atoms with Crippen molar-refractivity contribution in [3.05, 3.63) is 29.3 Å². The highest BCUT2D eigenvalue weighted by Crippen LogP contribution is 2.16. The molecule has 1 fully saturated rings. The first-order valence-corrected chi connectivity index (χ1v) is 7.38. The summed E-state index contributed by atoms with van der Waals surface area (Å²) in [5.41, 5.74) is 2.81. The molecule has 1 amide bonds. The molecular weight excluding hydrogens is 250 g/mol. The Bertz CT molecular complexity index is 473. The number of nitrogens with zero attached hydrogens (tertiary/aromatic N) is 1. The molecule has 1 aromatic carbocycles. The monoisotopic (exact) mass is 275 g/mol. The van der Waals surface area contributed by atoms with Crippen molar-refractivity contribution in [2.75, 3.05) is 32.5 Å². The van der Waals surface area contributed by atoms with Gasteiger partial charge in [-0.05, 0) is 57.1 Å². The third-order valence-corrected chi connectivity index (χ3v) is 4.18. The molecule has 1 aromatic rings. The predicted molar refractivity (Wildman–Crippen MR) is 83.3 cm³/mol. The number of hydrogen-bond donors (Lipinski definition) is 2. The molecule has 4 nitrogen and oxygen atoms in total. The molecule has 1 heterocycles. The van der Waals surface area contributed by atoms with Crippen LogP contribution in [0.25, 0.3) is 0 Å². The molecule has 1 saturated heterocycles. The van der Waals surface area contributed by atoms with E-state index in [-0.39, 0.29) is 5.91 Å². The summed E-state index contributed by atoms with van der Waals surface area (Å²) in [7, 11) is 4.02. The summed E-state index contributed by atoms with van der Waals surface area (Å²) in [5.74, 6) is 0.0316. The van der Waals surface area contributed by atoms with Crippen LogP contribution in [0.5, 0.6) is 0 Å². The molecule has 2 N–H and O–H groups in total. The zero-order chi connectivity index (χ0) is 14.5. The number of hydrogen-bond acceptors (Lipinski definition) is 3. The molecule has 2 rings (SSSR count). The molecule has 0 saturated carbocycles. The van der Waals surface area contributed by atoms with E-state index in [0.29, 0.717) is 6.04 Å². The first kappa shape index (κ1) is 14.9. The molecule has 110 valence electrons. The van der Waals surface area contributed by atoms with E-state index < -0.39 is 0 Å². The number of likely N-dealkylation sites (N-methyl/N-ethyl adjacent to an activating group) is 1. The van der Waals surface area contributed by atoms with Gasteiger partial charge in [-0.2, -0.15) is 0 Å². The Morgan fingerprint density at radius 2 is 2.20 bits per heavy atom. The molecule has 0 bridgehead atoms. The lowest BCUT2D eigenvalue weighted by atomic mass is 10.0. The van der Waals surface area contributed by atoms with Crippen molar-refractivity contribution in [2.24, 2.45) is 0 Å². The van der Waals surface area contributed by atoms with E-state index in [9.17, 15) is 4.79 Å². The number of carbonyl (C=O) groups is 1. The van der Waals surface area contributed by atoms with Crippen LogP contribution in [-0.4, -0.2) is 44.0 Å². The highest BCUT2D eigenvalue weighted by Gasteiger charge is 2.19. The fourth-order valence-electron chi connectivity index (χ4n) is 2.78. The number of amides is 1. The second kappa shape index (κ2) is 6.75. The zero-order valence-corrected chi connectivity index (χ0v) is 12.7. The molecule has 0 aromatic heterocycles. The van der Waals surface area contributed by atoms with E-state index in [4.69, 9.17) is 0 Å². The first-order valence-electron chi connectivity index (χ1n) is 7.38. The largest absolute Gasteiger partial charge is 0.388 e. The van der Waals surface area contributed by atoms with Crippen LogP contribution in [0, 0.1) is 6.92 Å². The maximum absolute atomic E-state index is 12.3. The lowest BCUT2D eigenvalue weighted by Gasteiger charge is -2.32. The maximum atomic E-state index is 12.3. The van der Waals surface area contributed by atoms with E-state index in [0.717, 1.165) is 29.9 Å². The molecule has 0 radical (unpaired) electrons. The van der Waals surface area contributed by atoms with Gasteiger partial charge in [0.1, 0.15) is 0 Å². The van der Waals surface area contributed by atoms with Crippen molar-refractivity contribution >= 4 is 11.6 Å². The SMILES string of the molecule is CNc1ccc(C(=O)NCC2CCCCN2C)c(C)c1. The van der Waals surface area contributed by atoms with Gasteiger partial charge in [-0.25, -0.2) is 0 Å². The highest BCUT2D eigenvalue weighted by molar-refractivity contribution is 5.96. The summed E-state index contributed by atoms with van der Waals surface area (Å²) in [6, 6.07) is 6.31. The Morgan fingerprint density at radius 3 is 2.85 bits per heavy atom. The van der Waals surface area contributed by atoms with Crippen molar-refractivity contribution in [3.8, 4) is 0 Å². The van der Waals surface area contributed by atoms with Crippen LogP contribution in [0.1, 0.15) is 35.2 Å². The van der Waals surface area contributed by atoms with Crippen LogP contribution in [0.15, 0.2) is 18.2 Å². The van der Waals surface area contributed by atoms with E-state index in [1.165, 1.54) is 19.3 Å². The summed E-state index contributed by atoms with van der Waals surface area (Å²) >= 11 is 0. The molecule has 1 aliphatic heterocycles. The second-order valence-electron chi connectivity index (χ2n) is 5.62. The normalized spacial score (nSPS) is 19.6. The standard InChI is InChI=1S/C16H25N3O/c1-12-10-13(17-2)7-8-15(12)16(20)18-11-14-6-4-5-9-19(14)3/h7-8,10,14,17H,4-6,9,11H2,1-3H3,(H,18,20). The summed E-state index contributed by atoms with van der Waals surface area (Å²) in [4.78, 5) is 14.6. The Hall–Kier alpha value is -1.55. The number of rotatable bonds is 4. The van der Waals surface area contributed by atoms with Gasteiger partial charge in [-0.1, -0.05) is 6.42 Å². The fraction of sp³-hybridized carbons (Fsp3) is 0.562. The summed E-state index contributed by atoms with van der Waals surface area (Å²) in [6.45, 7) is 3.85. The molecule has 0 aliphatic carbocycles. The first-order chi connectivity index (χ1) is 9.61. The van der Waals surface area contributed by atoms with Gasteiger partial charge in [0.05, 0.1) is 0 Å². The smallest absolute Gasteiger partial charge is 0.251 e. The Labute approximate surface area is 121 Å².